The second-order valence-electron chi connectivity index (χ2n) is 3.24. The van der Waals surface area contributed by atoms with Gasteiger partial charge in [-0.2, -0.15) is 0 Å². The first-order chi connectivity index (χ1) is 7.76. The molecule has 0 spiro atoms. The molecule has 84 valence electrons. The van der Waals surface area contributed by atoms with Gasteiger partial charge in [0.2, 0.25) is 5.88 Å². The van der Waals surface area contributed by atoms with Gasteiger partial charge in [0.15, 0.2) is 5.16 Å². The van der Waals surface area contributed by atoms with Crippen molar-refractivity contribution in [3.8, 4) is 11.6 Å². The fourth-order valence-electron chi connectivity index (χ4n) is 1.52. The number of pyridine rings is 1. The van der Waals surface area contributed by atoms with Crippen LogP contribution >= 0.6 is 11.8 Å². The molecule has 0 aliphatic heterocycles. The molecule has 0 saturated carbocycles. The highest BCUT2D eigenvalue weighted by Gasteiger charge is 2.08. The molecule has 0 fully saturated rings. The summed E-state index contributed by atoms with van der Waals surface area (Å²) in [6, 6.07) is 3.84. The lowest BCUT2D eigenvalue weighted by Crippen LogP contribution is -2.00. The van der Waals surface area contributed by atoms with Crippen molar-refractivity contribution in [3.05, 3.63) is 30.2 Å². The van der Waals surface area contributed by atoms with E-state index >= 15 is 0 Å². The topological polar surface area (TPSA) is 39.9 Å². The molecule has 2 heterocycles. The van der Waals surface area contributed by atoms with Crippen molar-refractivity contribution in [1.82, 2.24) is 14.5 Å². The van der Waals surface area contributed by atoms with Gasteiger partial charge in [-0.15, -0.1) is 0 Å². The molecule has 0 aromatic carbocycles. The zero-order valence-electron chi connectivity index (χ0n) is 9.47. The van der Waals surface area contributed by atoms with Gasteiger partial charge in [0.05, 0.1) is 18.5 Å². The zero-order chi connectivity index (χ0) is 11.5. The maximum Gasteiger partial charge on any atom is 0.213 e. The van der Waals surface area contributed by atoms with Gasteiger partial charge in [-0.3, -0.25) is 4.57 Å². The Bertz CT molecular complexity index is 496. The fraction of sp³-hybridized carbons (Fsp3) is 0.273. The van der Waals surface area contributed by atoms with Crippen LogP contribution in [-0.2, 0) is 0 Å². The summed E-state index contributed by atoms with van der Waals surface area (Å²) in [4.78, 5) is 8.60. The second-order valence-corrected chi connectivity index (χ2v) is 4.02. The first kappa shape index (κ1) is 11.0. The SMILES string of the molecule is COc1ccc(-n2ccnc2SC)c(C)n1. The molecule has 0 radical (unpaired) electrons. The van der Waals surface area contributed by atoms with Crippen LogP contribution in [0, 0.1) is 6.92 Å². The van der Waals surface area contributed by atoms with E-state index < -0.39 is 0 Å². The lowest BCUT2D eigenvalue weighted by Gasteiger charge is -2.09. The van der Waals surface area contributed by atoms with E-state index in [2.05, 4.69) is 9.97 Å². The molecule has 0 aliphatic carbocycles. The first-order valence-corrected chi connectivity index (χ1v) is 6.08. The maximum absolute atomic E-state index is 5.08. The van der Waals surface area contributed by atoms with Crippen molar-refractivity contribution in [3.63, 3.8) is 0 Å². The molecule has 0 amide bonds. The van der Waals surface area contributed by atoms with Crippen molar-refractivity contribution in [2.45, 2.75) is 12.1 Å². The van der Waals surface area contributed by atoms with Crippen molar-refractivity contribution < 1.29 is 4.74 Å². The number of imidazole rings is 1. The third-order valence-corrected chi connectivity index (χ3v) is 2.96. The monoisotopic (exact) mass is 235 g/mol. The van der Waals surface area contributed by atoms with Crippen LogP contribution in [0.2, 0.25) is 0 Å². The van der Waals surface area contributed by atoms with Crippen LogP contribution in [-0.4, -0.2) is 27.9 Å². The molecule has 2 aromatic heterocycles. The van der Waals surface area contributed by atoms with Crippen molar-refractivity contribution in [2.75, 3.05) is 13.4 Å². The summed E-state index contributed by atoms with van der Waals surface area (Å²) in [5, 5.41) is 0.954. The lowest BCUT2D eigenvalue weighted by molar-refractivity contribution is 0.396. The summed E-state index contributed by atoms with van der Waals surface area (Å²) < 4.78 is 7.10. The minimum atomic E-state index is 0.632. The van der Waals surface area contributed by atoms with Gasteiger partial charge in [0.25, 0.3) is 0 Å². The van der Waals surface area contributed by atoms with Crippen molar-refractivity contribution in [2.24, 2.45) is 0 Å². The molecule has 0 aliphatic rings. The van der Waals surface area contributed by atoms with Crippen LogP contribution in [0.1, 0.15) is 5.69 Å². The van der Waals surface area contributed by atoms with Crippen LogP contribution in [0.25, 0.3) is 5.69 Å². The molecule has 0 bridgehead atoms. The molecule has 2 aromatic rings. The smallest absolute Gasteiger partial charge is 0.213 e. The molecule has 16 heavy (non-hydrogen) atoms. The predicted octanol–water partition coefficient (Wildman–Crippen LogP) is 2.31. The van der Waals surface area contributed by atoms with Gasteiger partial charge in [0.1, 0.15) is 0 Å². The zero-order valence-corrected chi connectivity index (χ0v) is 10.3. The van der Waals surface area contributed by atoms with Crippen LogP contribution in [0.3, 0.4) is 0 Å². The van der Waals surface area contributed by atoms with Gasteiger partial charge < -0.3 is 4.74 Å². The number of nitrogens with zero attached hydrogens (tertiary/aromatic N) is 3. The Balaban J connectivity index is 2.48. The predicted molar refractivity (Wildman–Crippen MR) is 64.4 cm³/mol. The Morgan fingerprint density at radius 1 is 1.38 bits per heavy atom. The number of aromatic nitrogens is 3. The van der Waals surface area contributed by atoms with Gasteiger partial charge in [-0.25, -0.2) is 9.97 Å². The maximum atomic E-state index is 5.08. The van der Waals surface area contributed by atoms with E-state index in [-0.39, 0.29) is 0 Å². The van der Waals surface area contributed by atoms with Gasteiger partial charge in [0, 0.05) is 18.5 Å². The van der Waals surface area contributed by atoms with E-state index in [1.165, 1.54) is 0 Å². The summed E-state index contributed by atoms with van der Waals surface area (Å²) in [6.07, 6.45) is 5.73. The normalized spacial score (nSPS) is 10.4. The average molecular weight is 235 g/mol. The Morgan fingerprint density at radius 3 is 2.81 bits per heavy atom. The third-order valence-electron chi connectivity index (χ3n) is 2.29. The summed E-state index contributed by atoms with van der Waals surface area (Å²) in [7, 11) is 1.62. The Kier molecular flexibility index (Phi) is 3.14. The summed E-state index contributed by atoms with van der Waals surface area (Å²) in [5.74, 6) is 0.632. The summed E-state index contributed by atoms with van der Waals surface area (Å²) in [6.45, 7) is 1.96. The van der Waals surface area contributed by atoms with Crippen LogP contribution < -0.4 is 4.74 Å². The number of ether oxygens (including phenoxy) is 1. The highest BCUT2D eigenvalue weighted by atomic mass is 32.2. The molecular weight excluding hydrogens is 222 g/mol. The Morgan fingerprint density at radius 2 is 2.19 bits per heavy atom. The van der Waals surface area contributed by atoms with Crippen LogP contribution in [0.4, 0.5) is 0 Å². The van der Waals surface area contributed by atoms with E-state index in [1.807, 2.05) is 36.1 Å². The molecule has 4 nitrogen and oxygen atoms in total. The summed E-state index contributed by atoms with van der Waals surface area (Å²) in [5.41, 5.74) is 1.95. The van der Waals surface area contributed by atoms with E-state index in [0.717, 1.165) is 16.5 Å². The average Bonchev–Trinajstić information content (AvgIpc) is 2.76. The Hall–Kier alpha value is -1.49. The number of hydrogen-bond acceptors (Lipinski definition) is 4. The number of hydrogen-bond donors (Lipinski definition) is 0. The van der Waals surface area contributed by atoms with Crippen molar-refractivity contribution >= 4 is 11.8 Å². The molecular formula is C11H13N3OS. The number of thioether (sulfide) groups is 1. The standard InChI is InChI=1S/C11H13N3OS/c1-8-9(4-5-10(13-8)15-2)14-7-6-12-11(14)16-3/h4-7H,1-3H3. The van der Waals surface area contributed by atoms with E-state index in [4.69, 9.17) is 4.74 Å². The number of rotatable bonds is 3. The van der Waals surface area contributed by atoms with E-state index in [1.54, 1.807) is 25.1 Å². The quantitative estimate of drug-likeness (QED) is 0.765. The molecule has 5 heteroatoms. The fourth-order valence-corrected chi connectivity index (χ4v) is 2.05. The number of methoxy groups -OCH3 is 1. The largest absolute Gasteiger partial charge is 0.481 e. The molecule has 0 saturated heterocycles. The van der Waals surface area contributed by atoms with Gasteiger partial charge in [-0.05, 0) is 19.2 Å². The van der Waals surface area contributed by atoms with Crippen molar-refractivity contribution in [1.29, 1.82) is 0 Å². The number of aryl methyl sites for hydroxylation is 1. The molecule has 0 atom stereocenters. The molecule has 0 N–H and O–H groups in total. The third kappa shape index (κ3) is 1.90. The first-order valence-electron chi connectivity index (χ1n) is 4.85. The van der Waals surface area contributed by atoms with Crippen LogP contribution in [0.15, 0.2) is 29.7 Å². The minimum Gasteiger partial charge on any atom is -0.481 e. The van der Waals surface area contributed by atoms with E-state index in [0.29, 0.717) is 5.88 Å². The molecule has 0 unspecified atom stereocenters. The highest BCUT2D eigenvalue weighted by molar-refractivity contribution is 7.98. The molecule has 2 rings (SSSR count). The lowest BCUT2D eigenvalue weighted by atomic mass is 10.3. The summed E-state index contributed by atoms with van der Waals surface area (Å²) >= 11 is 1.61. The minimum absolute atomic E-state index is 0.632. The van der Waals surface area contributed by atoms with E-state index in [9.17, 15) is 0 Å². The van der Waals surface area contributed by atoms with Gasteiger partial charge in [-0.1, -0.05) is 11.8 Å². The van der Waals surface area contributed by atoms with Gasteiger partial charge >= 0.3 is 0 Å². The van der Waals surface area contributed by atoms with Crippen LogP contribution in [0.5, 0.6) is 5.88 Å². The second kappa shape index (κ2) is 4.57. The Labute approximate surface area is 98.7 Å². The highest BCUT2D eigenvalue weighted by Crippen LogP contribution is 2.21.